The molecule has 0 saturated carbocycles. The zero-order valence-electron chi connectivity index (χ0n) is 6.21. The van der Waals surface area contributed by atoms with Crippen LogP contribution in [0.2, 0.25) is 5.02 Å². The maximum absolute atomic E-state index is 5.86. The summed E-state index contributed by atoms with van der Waals surface area (Å²) >= 11 is 5.86. The van der Waals surface area contributed by atoms with E-state index in [9.17, 15) is 0 Å². The first-order chi connectivity index (χ1) is 5.25. The van der Waals surface area contributed by atoms with E-state index in [0.29, 0.717) is 5.02 Å². The Bertz CT molecular complexity index is 281. The van der Waals surface area contributed by atoms with Gasteiger partial charge in [0, 0.05) is 10.6 Å². The van der Waals surface area contributed by atoms with Crippen molar-refractivity contribution in [3.63, 3.8) is 0 Å². The highest BCUT2D eigenvalue weighted by Crippen LogP contribution is 2.15. The van der Waals surface area contributed by atoms with Crippen LogP contribution in [-0.2, 0) is 0 Å². The Hall–Kier alpha value is -1.02. The molecule has 0 aliphatic heterocycles. The fraction of sp³-hybridized carbons (Fsp3) is 0.125. The summed E-state index contributed by atoms with van der Waals surface area (Å²) in [6.45, 7) is 1.82. The predicted molar refractivity (Wildman–Crippen MR) is 47.9 cm³/mol. The molecule has 3 heteroatoms. The molecule has 0 bridgehead atoms. The molecule has 1 aromatic carbocycles. The molecular weight excluding hydrogens is 160 g/mol. The Balaban J connectivity index is 3.14. The van der Waals surface area contributed by atoms with Crippen LogP contribution in [0.4, 0.5) is 0 Å². The van der Waals surface area contributed by atoms with Gasteiger partial charge in [0.1, 0.15) is 0 Å². The number of nitrogens with two attached hydrogens (primary N) is 1. The van der Waals surface area contributed by atoms with Gasteiger partial charge in [-0.1, -0.05) is 29.8 Å². The van der Waals surface area contributed by atoms with Crippen molar-refractivity contribution >= 4 is 17.3 Å². The molecular formula is C8H9ClN2. The second-order valence-corrected chi connectivity index (χ2v) is 2.60. The molecule has 2 nitrogen and oxygen atoms in total. The van der Waals surface area contributed by atoms with E-state index < -0.39 is 0 Å². The molecule has 0 heterocycles. The smallest absolute Gasteiger partial charge is 0.0656 e. The Morgan fingerprint density at radius 2 is 2.09 bits per heavy atom. The van der Waals surface area contributed by atoms with Gasteiger partial charge in [-0.15, -0.1) is 0 Å². The maximum Gasteiger partial charge on any atom is 0.0656 e. The average Bonchev–Trinajstić information content (AvgIpc) is 2.04. The van der Waals surface area contributed by atoms with Crippen LogP contribution in [0.3, 0.4) is 0 Å². The highest BCUT2D eigenvalue weighted by molar-refractivity contribution is 6.34. The van der Waals surface area contributed by atoms with E-state index in [-0.39, 0.29) is 0 Å². The van der Waals surface area contributed by atoms with Crippen LogP contribution in [0.5, 0.6) is 0 Å². The van der Waals surface area contributed by atoms with Crippen LogP contribution in [0.1, 0.15) is 12.5 Å². The summed E-state index contributed by atoms with van der Waals surface area (Å²) in [6, 6.07) is 7.46. The molecule has 0 atom stereocenters. The van der Waals surface area contributed by atoms with Crippen LogP contribution >= 0.6 is 11.6 Å². The van der Waals surface area contributed by atoms with E-state index in [4.69, 9.17) is 17.4 Å². The zero-order valence-corrected chi connectivity index (χ0v) is 6.97. The minimum atomic E-state index is 0.680. The number of benzene rings is 1. The molecule has 1 aromatic rings. The predicted octanol–water partition coefficient (Wildman–Crippen LogP) is 2.02. The van der Waals surface area contributed by atoms with E-state index in [1.165, 1.54) is 0 Å². The standard InChI is InChI=1S/C8H9ClN2/c1-6(11-10)7-4-2-3-5-8(7)9/h2-5H,10H2,1H3/b11-6-. The molecule has 0 radical (unpaired) electrons. The van der Waals surface area contributed by atoms with Crippen molar-refractivity contribution in [3.05, 3.63) is 34.9 Å². The molecule has 0 aliphatic carbocycles. The van der Waals surface area contributed by atoms with E-state index in [2.05, 4.69) is 5.10 Å². The fourth-order valence-corrected chi connectivity index (χ4v) is 1.10. The first-order valence-electron chi connectivity index (χ1n) is 3.25. The van der Waals surface area contributed by atoms with Crippen LogP contribution in [0.25, 0.3) is 0 Å². The highest BCUT2D eigenvalue weighted by atomic mass is 35.5. The van der Waals surface area contributed by atoms with Crippen molar-refractivity contribution in [1.29, 1.82) is 0 Å². The lowest BCUT2D eigenvalue weighted by Crippen LogP contribution is -1.98. The number of hydrazone groups is 1. The molecule has 0 spiro atoms. The van der Waals surface area contributed by atoms with Gasteiger partial charge >= 0.3 is 0 Å². The van der Waals surface area contributed by atoms with Gasteiger partial charge in [0.05, 0.1) is 5.71 Å². The number of hydrogen-bond acceptors (Lipinski definition) is 2. The molecule has 0 aromatic heterocycles. The average molecular weight is 169 g/mol. The first-order valence-corrected chi connectivity index (χ1v) is 3.63. The normalized spacial score (nSPS) is 11.6. The number of rotatable bonds is 1. The molecule has 0 fully saturated rings. The monoisotopic (exact) mass is 168 g/mol. The second-order valence-electron chi connectivity index (χ2n) is 2.19. The van der Waals surface area contributed by atoms with Crippen LogP contribution < -0.4 is 5.84 Å². The summed E-state index contributed by atoms with van der Waals surface area (Å²) in [7, 11) is 0. The molecule has 0 aliphatic rings. The van der Waals surface area contributed by atoms with Gasteiger partial charge in [0.2, 0.25) is 0 Å². The summed E-state index contributed by atoms with van der Waals surface area (Å²) < 4.78 is 0. The lowest BCUT2D eigenvalue weighted by molar-refractivity contribution is 1.24. The van der Waals surface area contributed by atoms with Crippen molar-refractivity contribution in [3.8, 4) is 0 Å². The Morgan fingerprint density at radius 1 is 1.45 bits per heavy atom. The third kappa shape index (κ3) is 1.71. The van der Waals surface area contributed by atoms with Gasteiger partial charge in [-0.05, 0) is 13.0 Å². The van der Waals surface area contributed by atoms with Crippen LogP contribution in [0, 0.1) is 0 Å². The lowest BCUT2D eigenvalue weighted by Gasteiger charge is -2.00. The van der Waals surface area contributed by atoms with Crippen LogP contribution in [0.15, 0.2) is 29.4 Å². The Labute approximate surface area is 70.7 Å². The molecule has 0 amide bonds. The van der Waals surface area contributed by atoms with Gasteiger partial charge in [0.15, 0.2) is 0 Å². The quantitative estimate of drug-likeness (QED) is 0.389. The Morgan fingerprint density at radius 3 is 2.64 bits per heavy atom. The number of nitrogens with zero attached hydrogens (tertiary/aromatic N) is 1. The van der Waals surface area contributed by atoms with Gasteiger partial charge in [-0.25, -0.2) is 0 Å². The summed E-state index contributed by atoms with van der Waals surface area (Å²) in [4.78, 5) is 0. The van der Waals surface area contributed by atoms with Gasteiger partial charge < -0.3 is 5.84 Å². The van der Waals surface area contributed by atoms with Crippen molar-refractivity contribution in [2.24, 2.45) is 10.9 Å². The number of hydrogen-bond donors (Lipinski definition) is 1. The third-order valence-electron chi connectivity index (χ3n) is 1.46. The molecule has 0 saturated heterocycles. The summed E-state index contributed by atoms with van der Waals surface area (Å²) in [6.07, 6.45) is 0. The molecule has 58 valence electrons. The van der Waals surface area contributed by atoms with Crippen molar-refractivity contribution in [2.45, 2.75) is 6.92 Å². The topological polar surface area (TPSA) is 38.4 Å². The zero-order chi connectivity index (χ0) is 8.27. The summed E-state index contributed by atoms with van der Waals surface area (Å²) in [5.74, 6) is 5.10. The lowest BCUT2D eigenvalue weighted by atomic mass is 10.1. The van der Waals surface area contributed by atoms with E-state index in [1.807, 2.05) is 31.2 Å². The van der Waals surface area contributed by atoms with E-state index in [0.717, 1.165) is 11.3 Å². The molecule has 1 rings (SSSR count). The van der Waals surface area contributed by atoms with Gasteiger partial charge in [0.25, 0.3) is 0 Å². The highest BCUT2D eigenvalue weighted by Gasteiger charge is 2.00. The number of halogens is 1. The third-order valence-corrected chi connectivity index (χ3v) is 1.79. The minimum Gasteiger partial charge on any atom is -0.323 e. The van der Waals surface area contributed by atoms with Gasteiger partial charge in [-0.2, -0.15) is 5.10 Å². The van der Waals surface area contributed by atoms with Crippen molar-refractivity contribution < 1.29 is 0 Å². The minimum absolute atomic E-state index is 0.680. The largest absolute Gasteiger partial charge is 0.323 e. The molecule has 0 unspecified atom stereocenters. The fourth-order valence-electron chi connectivity index (χ4n) is 0.824. The molecule has 2 N–H and O–H groups in total. The SMILES string of the molecule is C/C(=N/N)c1ccccc1Cl. The maximum atomic E-state index is 5.86. The van der Waals surface area contributed by atoms with Gasteiger partial charge in [-0.3, -0.25) is 0 Å². The van der Waals surface area contributed by atoms with E-state index >= 15 is 0 Å². The summed E-state index contributed by atoms with van der Waals surface area (Å²) in [5.41, 5.74) is 1.63. The molecule has 11 heavy (non-hydrogen) atoms. The Kier molecular flexibility index (Phi) is 2.49. The van der Waals surface area contributed by atoms with Crippen molar-refractivity contribution in [2.75, 3.05) is 0 Å². The van der Waals surface area contributed by atoms with Crippen LogP contribution in [-0.4, -0.2) is 5.71 Å². The summed E-state index contributed by atoms with van der Waals surface area (Å²) in [5, 5.41) is 4.23. The van der Waals surface area contributed by atoms with Crippen molar-refractivity contribution in [1.82, 2.24) is 0 Å². The van der Waals surface area contributed by atoms with E-state index in [1.54, 1.807) is 0 Å². The second kappa shape index (κ2) is 3.39. The first kappa shape index (κ1) is 8.08.